The number of aromatic nitrogens is 3. The lowest BCUT2D eigenvalue weighted by Crippen LogP contribution is -2.16. The third-order valence-corrected chi connectivity index (χ3v) is 3.62. The van der Waals surface area contributed by atoms with Gasteiger partial charge in [0.25, 0.3) is 0 Å². The molecule has 0 saturated heterocycles. The minimum Gasteiger partial charge on any atom is -0.475 e. The normalized spacial score (nSPS) is 11.3. The molecule has 1 aromatic carbocycles. The number of furan rings is 1. The Balaban J connectivity index is 1.75. The molecule has 0 bridgehead atoms. The van der Waals surface area contributed by atoms with E-state index in [1.807, 2.05) is 49.5 Å². The fraction of sp³-hybridized carbons (Fsp3) is 0.176. The molecule has 0 aliphatic heterocycles. The number of likely N-dealkylation sites (N-methyl/N-ethyl adjacent to an activating group) is 1. The molecule has 0 unspecified atom stereocenters. The minimum atomic E-state index is 0.558. The monoisotopic (exact) mass is 308 g/mol. The highest BCUT2D eigenvalue weighted by atomic mass is 16.5. The third-order valence-electron chi connectivity index (χ3n) is 3.62. The number of nitrogens with zero attached hydrogens (tertiary/aromatic N) is 3. The van der Waals surface area contributed by atoms with E-state index < -0.39 is 0 Å². The summed E-state index contributed by atoms with van der Waals surface area (Å²) in [5, 5.41) is 8.59. The van der Waals surface area contributed by atoms with Crippen LogP contribution in [0.2, 0.25) is 0 Å². The molecule has 6 nitrogen and oxygen atoms in total. The number of fused-ring (bicyclic) bond motifs is 2. The van der Waals surface area contributed by atoms with E-state index in [1.54, 1.807) is 10.7 Å². The van der Waals surface area contributed by atoms with Crippen LogP contribution in [-0.4, -0.2) is 34.8 Å². The smallest absolute Gasteiger partial charge is 0.231 e. The van der Waals surface area contributed by atoms with Crippen molar-refractivity contribution in [3.05, 3.63) is 48.7 Å². The molecule has 3 heterocycles. The zero-order valence-electron chi connectivity index (χ0n) is 12.7. The summed E-state index contributed by atoms with van der Waals surface area (Å²) in [6, 6.07) is 13.6. The second kappa shape index (κ2) is 5.73. The summed E-state index contributed by atoms with van der Waals surface area (Å²) in [6.45, 7) is 1.32. The maximum atomic E-state index is 5.91. The molecule has 0 amide bonds. The fourth-order valence-corrected chi connectivity index (χ4v) is 2.47. The van der Waals surface area contributed by atoms with Crippen molar-refractivity contribution in [1.82, 2.24) is 19.9 Å². The molecule has 1 N–H and O–H groups in total. The van der Waals surface area contributed by atoms with Crippen LogP contribution >= 0.6 is 0 Å². The van der Waals surface area contributed by atoms with Crippen molar-refractivity contribution < 1.29 is 9.15 Å². The van der Waals surface area contributed by atoms with Gasteiger partial charge < -0.3 is 14.5 Å². The van der Waals surface area contributed by atoms with Gasteiger partial charge in [-0.3, -0.25) is 0 Å². The van der Waals surface area contributed by atoms with Crippen LogP contribution in [0.1, 0.15) is 0 Å². The maximum Gasteiger partial charge on any atom is 0.231 e. The highest BCUT2D eigenvalue weighted by Gasteiger charge is 2.13. The largest absolute Gasteiger partial charge is 0.475 e. The van der Waals surface area contributed by atoms with Gasteiger partial charge in [-0.2, -0.15) is 0 Å². The molecule has 0 aliphatic rings. The maximum absolute atomic E-state index is 5.91. The molecule has 116 valence electrons. The van der Waals surface area contributed by atoms with Crippen LogP contribution in [0.4, 0.5) is 0 Å². The third kappa shape index (κ3) is 2.53. The molecule has 0 fully saturated rings. The molecular weight excluding hydrogens is 292 g/mol. The van der Waals surface area contributed by atoms with Gasteiger partial charge in [0.2, 0.25) is 5.88 Å². The lowest BCUT2D eigenvalue weighted by Gasteiger charge is -2.05. The van der Waals surface area contributed by atoms with Crippen molar-refractivity contribution in [3.8, 4) is 17.3 Å². The van der Waals surface area contributed by atoms with E-state index in [0.29, 0.717) is 12.5 Å². The molecule has 0 atom stereocenters. The van der Waals surface area contributed by atoms with Gasteiger partial charge in [0.05, 0.1) is 6.20 Å². The molecule has 6 heteroatoms. The second-order valence-corrected chi connectivity index (χ2v) is 5.19. The molecule has 0 aliphatic carbocycles. The summed E-state index contributed by atoms with van der Waals surface area (Å²) in [4.78, 5) is 4.38. The molecule has 0 spiro atoms. The van der Waals surface area contributed by atoms with Crippen LogP contribution in [-0.2, 0) is 0 Å². The quantitative estimate of drug-likeness (QED) is 0.574. The summed E-state index contributed by atoms with van der Waals surface area (Å²) < 4.78 is 13.3. The lowest BCUT2D eigenvalue weighted by molar-refractivity contribution is 0.302. The van der Waals surface area contributed by atoms with E-state index in [9.17, 15) is 0 Å². The average Bonchev–Trinajstić information content (AvgIpc) is 3.18. The van der Waals surface area contributed by atoms with Gasteiger partial charge in [-0.05, 0) is 25.2 Å². The van der Waals surface area contributed by atoms with E-state index in [2.05, 4.69) is 15.4 Å². The van der Waals surface area contributed by atoms with Gasteiger partial charge in [-0.1, -0.05) is 18.2 Å². The van der Waals surface area contributed by atoms with Crippen LogP contribution in [0.3, 0.4) is 0 Å². The lowest BCUT2D eigenvalue weighted by atomic mass is 10.2. The first kappa shape index (κ1) is 13.8. The summed E-state index contributed by atoms with van der Waals surface area (Å²) >= 11 is 0. The zero-order valence-corrected chi connectivity index (χ0v) is 12.7. The van der Waals surface area contributed by atoms with Gasteiger partial charge in [0.15, 0.2) is 11.4 Å². The Hall–Kier alpha value is -2.86. The van der Waals surface area contributed by atoms with Crippen molar-refractivity contribution in [2.24, 2.45) is 0 Å². The summed E-state index contributed by atoms with van der Waals surface area (Å²) in [5.41, 5.74) is 2.40. The van der Waals surface area contributed by atoms with Crippen LogP contribution in [0.5, 0.6) is 5.88 Å². The van der Waals surface area contributed by atoms with Crippen molar-refractivity contribution in [3.63, 3.8) is 0 Å². The van der Waals surface area contributed by atoms with Crippen molar-refractivity contribution >= 4 is 16.6 Å². The Morgan fingerprint density at radius 1 is 1.22 bits per heavy atom. The summed E-state index contributed by atoms with van der Waals surface area (Å²) in [7, 11) is 1.88. The number of para-hydroxylation sites is 1. The summed E-state index contributed by atoms with van der Waals surface area (Å²) in [6.07, 6.45) is 1.76. The van der Waals surface area contributed by atoms with E-state index in [4.69, 9.17) is 9.15 Å². The predicted octanol–water partition coefficient (Wildman–Crippen LogP) is 2.74. The van der Waals surface area contributed by atoms with Crippen LogP contribution in [0.15, 0.2) is 53.1 Å². The van der Waals surface area contributed by atoms with Crippen molar-refractivity contribution in [1.29, 1.82) is 0 Å². The summed E-state index contributed by atoms with van der Waals surface area (Å²) in [5.74, 6) is 1.29. The molecule has 3 aromatic heterocycles. The SMILES string of the molecule is CNCCOc1ccc2ncc(-c3cc4ccccc4o3)n2n1. The Morgan fingerprint density at radius 2 is 2.13 bits per heavy atom. The van der Waals surface area contributed by atoms with Crippen molar-refractivity contribution in [2.45, 2.75) is 0 Å². The van der Waals surface area contributed by atoms with Crippen LogP contribution in [0, 0.1) is 0 Å². The van der Waals surface area contributed by atoms with Gasteiger partial charge in [-0.25, -0.2) is 9.50 Å². The van der Waals surface area contributed by atoms with Crippen molar-refractivity contribution in [2.75, 3.05) is 20.2 Å². The zero-order chi connectivity index (χ0) is 15.6. The highest BCUT2D eigenvalue weighted by molar-refractivity contribution is 5.82. The second-order valence-electron chi connectivity index (χ2n) is 5.19. The van der Waals surface area contributed by atoms with Gasteiger partial charge in [0.1, 0.15) is 17.9 Å². The number of hydrogen-bond donors (Lipinski definition) is 1. The fourth-order valence-electron chi connectivity index (χ4n) is 2.47. The first-order valence-corrected chi connectivity index (χ1v) is 7.46. The van der Waals surface area contributed by atoms with Crippen LogP contribution in [0.25, 0.3) is 28.1 Å². The van der Waals surface area contributed by atoms with Gasteiger partial charge in [0, 0.05) is 18.0 Å². The first-order valence-electron chi connectivity index (χ1n) is 7.46. The Labute approximate surface area is 132 Å². The standard InChI is InChI=1S/C17H16N4O2/c1-18-8-9-22-17-7-6-16-19-11-13(21(16)20-17)15-10-12-4-2-3-5-14(12)23-15/h2-7,10-11,18H,8-9H2,1H3. The van der Waals surface area contributed by atoms with E-state index >= 15 is 0 Å². The molecule has 0 saturated carbocycles. The molecule has 0 radical (unpaired) electrons. The molecular formula is C17H16N4O2. The average molecular weight is 308 g/mol. The van der Waals surface area contributed by atoms with Crippen LogP contribution < -0.4 is 10.1 Å². The molecule has 4 aromatic rings. The predicted molar refractivity (Wildman–Crippen MR) is 87.6 cm³/mol. The van der Waals surface area contributed by atoms with Gasteiger partial charge in [-0.15, -0.1) is 5.10 Å². The van der Waals surface area contributed by atoms with Gasteiger partial charge >= 0.3 is 0 Å². The topological polar surface area (TPSA) is 64.6 Å². The Kier molecular flexibility index (Phi) is 3.44. The number of hydrogen-bond acceptors (Lipinski definition) is 5. The Bertz CT molecular complexity index is 924. The number of benzene rings is 1. The Morgan fingerprint density at radius 3 is 3.00 bits per heavy atom. The number of nitrogens with one attached hydrogen (secondary N) is 1. The molecule has 4 rings (SSSR count). The molecule has 23 heavy (non-hydrogen) atoms. The number of rotatable bonds is 5. The van der Waals surface area contributed by atoms with E-state index in [1.165, 1.54) is 0 Å². The minimum absolute atomic E-state index is 0.558. The number of imidazole rings is 1. The first-order chi connectivity index (χ1) is 11.3. The number of ether oxygens (including phenoxy) is 1. The highest BCUT2D eigenvalue weighted by Crippen LogP contribution is 2.28. The van der Waals surface area contributed by atoms with E-state index in [-0.39, 0.29) is 0 Å². The van der Waals surface area contributed by atoms with E-state index in [0.717, 1.165) is 34.6 Å².